The summed E-state index contributed by atoms with van der Waals surface area (Å²) in [5.74, 6) is 3.06. The Morgan fingerprint density at radius 1 is 0.729 bits per heavy atom. The second-order valence-electron chi connectivity index (χ2n) is 17.9. The maximum Gasteiger partial charge on any atom is 0.333 e. The highest BCUT2D eigenvalue weighted by Gasteiger charge is 2.60. The second kappa shape index (κ2) is 15.5. The lowest BCUT2D eigenvalue weighted by Gasteiger charge is -2.61. The van der Waals surface area contributed by atoms with Crippen molar-refractivity contribution in [3.05, 3.63) is 24.3 Å². The molecule has 0 aliphatic heterocycles. The molecule has 1 N–H and O–H groups in total. The van der Waals surface area contributed by atoms with Crippen molar-refractivity contribution in [1.29, 1.82) is 0 Å². The Morgan fingerprint density at radius 3 is 1.46 bits per heavy atom. The number of hydrogen-bond acceptors (Lipinski definition) is 7. The third-order valence-electron chi connectivity index (χ3n) is 12.1. The first-order valence-corrected chi connectivity index (χ1v) is 19.0. The highest BCUT2D eigenvalue weighted by Crippen LogP contribution is 2.64. The van der Waals surface area contributed by atoms with E-state index >= 15 is 0 Å². The molecule has 6 atom stereocenters. The van der Waals surface area contributed by atoms with Crippen LogP contribution in [-0.4, -0.2) is 60.2 Å². The third-order valence-corrected chi connectivity index (χ3v) is 12.6. The van der Waals surface area contributed by atoms with Crippen molar-refractivity contribution < 1.29 is 33.6 Å². The van der Waals surface area contributed by atoms with Gasteiger partial charge in [0.25, 0.3) is 0 Å². The van der Waals surface area contributed by atoms with E-state index < -0.39 is 5.60 Å². The monoisotopic (exact) mass is 692 g/mol. The predicted octanol–water partition coefficient (Wildman–Crippen LogP) is 8.80. The van der Waals surface area contributed by atoms with Crippen LogP contribution in [0.2, 0.25) is 0 Å². The number of halogens is 1. The fourth-order valence-electron chi connectivity index (χ4n) is 10.6. The van der Waals surface area contributed by atoms with Crippen LogP contribution >= 0.6 is 11.6 Å². The van der Waals surface area contributed by atoms with E-state index in [0.717, 1.165) is 64.2 Å². The molecule has 0 aromatic rings. The first-order chi connectivity index (χ1) is 22.3. The van der Waals surface area contributed by atoms with Crippen molar-refractivity contribution in [3.8, 4) is 0 Å². The number of rotatable bonds is 11. The molecule has 0 saturated heterocycles. The van der Waals surface area contributed by atoms with E-state index in [-0.39, 0.29) is 34.7 Å². The number of ether oxygens (including phenoxy) is 4. The zero-order chi connectivity index (χ0) is 35.7. The van der Waals surface area contributed by atoms with Gasteiger partial charge in [0.2, 0.25) is 0 Å². The summed E-state index contributed by atoms with van der Waals surface area (Å²) in [6.45, 7) is 22.2. The van der Waals surface area contributed by atoms with E-state index in [1.807, 2.05) is 6.92 Å². The van der Waals surface area contributed by atoms with Gasteiger partial charge in [0.15, 0.2) is 6.29 Å². The van der Waals surface area contributed by atoms with Gasteiger partial charge in [-0.3, -0.25) is 0 Å². The van der Waals surface area contributed by atoms with Crippen LogP contribution in [0.3, 0.4) is 0 Å². The summed E-state index contributed by atoms with van der Waals surface area (Å²) < 4.78 is 23.1. The number of esters is 2. The molecule has 8 heteroatoms. The number of hydrogen-bond donors (Lipinski definition) is 1. The van der Waals surface area contributed by atoms with Gasteiger partial charge in [0.1, 0.15) is 0 Å². The Labute approximate surface area is 295 Å². The van der Waals surface area contributed by atoms with E-state index in [4.69, 9.17) is 30.5 Å². The molecule has 0 aromatic heterocycles. The van der Waals surface area contributed by atoms with Crippen LogP contribution in [0.1, 0.15) is 126 Å². The van der Waals surface area contributed by atoms with Gasteiger partial charge in [-0.2, -0.15) is 0 Å². The lowest BCUT2D eigenvalue weighted by atomic mass is 9.48. The molecule has 8 rings (SSSR count). The normalized spacial score (nSPS) is 38.0. The standard InChI is InChI=1S/C20H32O4.C15H22O3.C5H11Cl/c1-13(2)17(21)23-12-19-7-15-6-16(8-19)10-20(9-15,11-19)24-18(22-5)14(3)4;1-10(2)13(16)18-9-14-4-11-3-12(5-14)7-15(17,6-11)8-14;1-4(2)5(3)6/h14-16,18H,1,6-12H2,2-5H3;11-12,17H,1,3-9H2,2H3;4-5H,1-3H3. The molecule has 48 heavy (non-hydrogen) atoms. The number of carbonyl (C=O) groups is 2. The average molecular weight is 693 g/mol. The van der Waals surface area contributed by atoms with E-state index in [1.165, 1.54) is 12.8 Å². The molecule has 0 amide bonds. The number of methoxy groups -OCH3 is 1. The van der Waals surface area contributed by atoms with Gasteiger partial charge in [-0.05, 0) is 127 Å². The van der Waals surface area contributed by atoms with Crippen LogP contribution in [0.4, 0.5) is 0 Å². The largest absolute Gasteiger partial charge is 0.462 e. The molecule has 6 unspecified atom stereocenters. The average Bonchev–Trinajstić information content (AvgIpc) is 2.96. The Hall–Kier alpha value is -1.41. The topological polar surface area (TPSA) is 91.3 Å². The molecule has 8 bridgehead atoms. The zero-order valence-electron chi connectivity index (χ0n) is 31.2. The van der Waals surface area contributed by atoms with Gasteiger partial charge in [0, 0.05) is 40.4 Å². The van der Waals surface area contributed by atoms with Crippen molar-refractivity contribution in [1.82, 2.24) is 0 Å². The summed E-state index contributed by atoms with van der Waals surface area (Å²) in [6.07, 6.45) is 13.0. The van der Waals surface area contributed by atoms with Crippen LogP contribution in [0, 0.1) is 46.3 Å². The summed E-state index contributed by atoms with van der Waals surface area (Å²) in [7, 11) is 1.73. The van der Waals surface area contributed by atoms with Gasteiger partial charge in [-0.25, -0.2) is 9.59 Å². The molecule has 274 valence electrons. The highest BCUT2D eigenvalue weighted by atomic mass is 35.5. The van der Waals surface area contributed by atoms with E-state index in [2.05, 4.69) is 40.9 Å². The minimum atomic E-state index is -0.473. The molecule has 0 radical (unpaired) electrons. The highest BCUT2D eigenvalue weighted by molar-refractivity contribution is 6.20. The van der Waals surface area contributed by atoms with Crippen LogP contribution in [0.15, 0.2) is 24.3 Å². The van der Waals surface area contributed by atoms with Crippen LogP contribution in [0.5, 0.6) is 0 Å². The number of alkyl halides is 1. The fraction of sp³-hybridized carbons (Fsp3) is 0.850. The Kier molecular flexibility index (Phi) is 12.7. The zero-order valence-corrected chi connectivity index (χ0v) is 32.0. The summed E-state index contributed by atoms with van der Waals surface area (Å²) >= 11 is 5.61. The molecule has 8 aliphatic rings. The molecule has 7 nitrogen and oxygen atoms in total. The summed E-state index contributed by atoms with van der Waals surface area (Å²) in [5, 5.41) is 10.9. The van der Waals surface area contributed by atoms with E-state index in [1.54, 1.807) is 21.0 Å². The molecule has 8 aliphatic carbocycles. The van der Waals surface area contributed by atoms with E-state index in [0.29, 0.717) is 65.2 Å². The number of aliphatic hydroxyl groups is 1. The maximum absolute atomic E-state index is 11.9. The van der Waals surface area contributed by atoms with Crippen molar-refractivity contribution in [2.24, 2.45) is 46.3 Å². The Bertz CT molecular complexity index is 1140. The second-order valence-corrected chi connectivity index (χ2v) is 18.6. The number of carbonyl (C=O) groups excluding carboxylic acids is 2. The third kappa shape index (κ3) is 9.67. The molecule has 0 aromatic carbocycles. The molecule has 0 spiro atoms. The molecule has 8 fully saturated rings. The first kappa shape index (κ1) is 39.4. The Balaban J connectivity index is 0.000000191. The van der Waals surface area contributed by atoms with Crippen LogP contribution in [0.25, 0.3) is 0 Å². The molecular formula is C40H65ClO7. The molecule has 8 saturated carbocycles. The van der Waals surface area contributed by atoms with Crippen molar-refractivity contribution >= 4 is 23.5 Å². The Morgan fingerprint density at radius 2 is 1.12 bits per heavy atom. The smallest absolute Gasteiger partial charge is 0.333 e. The quantitative estimate of drug-likeness (QED) is 0.100. The predicted molar refractivity (Wildman–Crippen MR) is 190 cm³/mol. The minimum absolute atomic E-state index is 0.0456. The first-order valence-electron chi connectivity index (χ1n) is 18.5. The minimum Gasteiger partial charge on any atom is -0.462 e. The van der Waals surface area contributed by atoms with E-state index in [9.17, 15) is 14.7 Å². The summed E-state index contributed by atoms with van der Waals surface area (Å²) in [5.41, 5.74) is 0.502. The van der Waals surface area contributed by atoms with Crippen molar-refractivity contribution in [2.45, 2.75) is 148 Å². The van der Waals surface area contributed by atoms with Crippen molar-refractivity contribution in [3.63, 3.8) is 0 Å². The lowest BCUT2D eigenvalue weighted by Crippen LogP contribution is -2.59. The molecular weight excluding hydrogens is 628 g/mol. The fourth-order valence-corrected chi connectivity index (χ4v) is 10.6. The van der Waals surface area contributed by atoms with Gasteiger partial charge in [0.05, 0.1) is 24.4 Å². The molecule has 0 heterocycles. The maximum atomic E-state index is 11.9. The van der Waals surface area contributed by atoms with Crippen LogP contribution < -0.4 is 0 Å². The van der Waals surface area contributed by atoms with Gasteiger partial charge in [-0.1, -0.05) is 40.9 Å². The van der Waals surface area contributed by atoms with Crippen LogP contribution in [-0.2, 0) is 28.5 Å². The van der Waals surface area contributed by atoms with Gasteiger partial charge < -0.3 is 24.1 Å². The summed E-state index contributed by atoms with van der Waals surface area (Å²) in [6, 6.07) is 0. The van der Waals surface area contributed by atoms with Gasteiger partial charge in [-0.15, -0.1) is 11.6 Å². The lowest BCUT2D eigenvalue weighted by molar-refractivity contribution is -0.278. The van der Waals surface area contributed by atoms with Gasteiger partial charge >= 0.3 is 11.9 Å². The van der Waals surface area contributed by atoms with Crippen molar-refractivity contribution in [2.75, 3.05) is 20.3 Å². The SMILES string of the molecule is C=C(C)C(=O)OCC12CC3CC(C1)CC(OC(OC)C(C)C)(C3)C2.C=C(C)C(=O)OCC12CC3CC(CC(O)(C3)C1)C2.CC(C)C(C)Cl. The summed E-state index contributed by atoms with van der Waals surface area (Å²) in [4.78, 5) is 23.4.